The molecule has 0 spiro atoms. The van der Waals surface area contributed by atoms with Gasteiger partial charge in [0.1, 0.15) is 11.5 Å². The summed E-state index contributed by atoms with van der Waals surface area (Å²) >= 11 is 6.72. The third kappa shape index (κ3) is 2.75. The van der Waals surface area contributed by atoms with Gasteiger partial charge < -0.3 is 9.47 Å². The van der Waals surface area contributed by atoms with Gasteiger partial charge in [-0.3, -0.25) is 0 Å². The molecule has 0 aromatic heterocycles. The summed E-state index contributed by atoms with van der Waals surface area (Å²) in [6, 6.07) is 11.9. The first-order valence-corrected chi connectivity index (χ1v) is 6.94. The third-order valence-electron chi connectivity index (χ3n) is 3.51. The van der Waals surface area contributed by atoms with Crippen molar-refractivity contribution in [3.63, 3.8) is 0 Å². The summed E-state index contributed by atoms with van der Waals surface area (Å²) in [5.41, 5.74) is 4.40. The van der Waals surface area contributed by atoms with Crippen molar-refractivity contribution < 1.29 is 9.47 Å². The van der Waals surface area contributed by atoms with Gasteiger partial charge in [0.25, 0.3) is 0 Å². The van der Waals surface area contributed by atoms with Crippen LogP contribution in [0.25, 0.3) is 0 Å². The van der Waals surface area contributed by atoms with Crippen molar-refractivity contribution in [3.05, 3.63) is 58.7 Å². The van der Waals surface area contributed by atoms with Crippen LogP contribution in [0, 0.1) is 13.8 Å². The normalized spacial score (nSPS) is 12.1. The van der Waals surface area contributed by atoms with Gasteiger partial charge in [-0.2, -0.15) is 0 Å². The molecule has 0 fully saturated rings. The summed E-state index contributed by atoms with van der Waals surface area (Å²) < 4.78 is 10.7. The Labute approximate surface area is 125 Å². The molecule has 2 rings (SSSR count). The Morgan fingerprint density at radius 2 is 1.60 bits per heavy atom. The quantitative estimate of drug-likeness (QED) is 0.763. The monoisotopic (exact) mass is 290 g/mol. The van der Waals surface area contributed by atoms with Gasteiger partial charge in [0.15, 0.2) is 0 Å². The Morgan fingerprint density at radius 1 is 0.950 bits per heavy atom. The molecule has 106 valence electrons. The Kier molecular flexibility index (Phi) is 4.56. The highest BCUT2D eigenvalue weighted by molar-refractivity contribution is 6.23. The molecule has 2 nitrogen and oxygen atoms in total. The predicted octanol–water partition coefficient (Wildman–Crippen LogP) is 4.65. The van der Waals surface area contributed by atoms with Crippen molar-refractivity contribution >= 4 is 11.6 Å². The van der Waals surface area contributed by atoms with Crippen LogP contribution in [0.5, 0.6) is 11.5 Å². The molecule has 0 radical (unpaired) electrons. The molecule has 0 aliphatic heterocycles. The maximum atomic E-state index is 6.72. The molecule has 0 aliphatic carbocycles. The van der Waals surface area contributed by atoms with Gasteiger partial charge in [0.2, 0.25) is 0 Å². The van der Waals surface area contributed by atoms with E-state index in [1.54, 1.807) is 14.2 Å². The highest BCUT2D eigenvalue weighted by Crippen LogP contribution is 2.39. The molecule has 2 aromatic carbocycles. The van der Waals surface area contributed by atoms with Crippen LogP contribution in [0.15, 0.2) is 36.4 Å². The maximum Gasteiger partial charge on any atom is 0.124 e. The summed E-state index contributed by atoms with van der Waals surface area (Å²) in [4.78, 5) is 0. The van der Waals surface area contributed by atoms with Gasteiger partial charge in [-0.25, -0.2) is 0 Å². The minimum Gasteiger partial charge on any atom is -0.497 e. The number of hydrogen-bond donors (Lipinski definition) is 0. The average molecular weight is 291 g/mol. The molecule has 0 saturated heterocycles. The lowest BCUT2D eigenvalue weighted by atomic mass is 9.95. The molecule has 1 atom stereocenters. The topological polar surface area (TPSA) is 18.5 Å². The van der Waals surface area contributed by atoms with E-state index in [0.717, 1.165) is 22.6 Å². The molecule has 0 aliphatic rings. The zero-order valence-electron chi connectivity index (χ0n) is 12.2. The van der Waals surface area contributed by atoms with E-state index in [1.807, 2.05) is 24.3 Å². The summed E-state index contributed by atoms with van der Waals surface area (Å²) in [5, 5.41) is -0.263. The number of ether oxygens (including phenoxy) is 2. The summed E-state index contributed by atoms with van der Waals surface area (Å²) in [6.07, 6.45) is 0. The van der Waals surface area contributed by atoms with Crippen LogP contribution in [0.4, 0.5) is 0 Å². The van der Waals surface area contributed by atoms with E-state index < -0.39 is 0 Å². The molecular weight excluding hydrogens is 272 g/mol. The zero-order valence-corrected chi connectivity index (χ0v) is 13.0. The van der Waals surface area contributed by atoms with E-state index >= 15 is 0 Å². The number of methoxy groups -OCH3 is 2. The fourth-order valence-electron chi connectivity index (χ4n) is 2.42. The summed E-state index contributed by atoms with van der Waals surface area (Å²) in [5.74, 6) is 1.55. The van der Waals surface area contributed by atoms with Crippen LogP contribution in [0.2, 0.25) is 0 Å². The third-order valence-corrected chi connectivity index (χ3v) is 3.96. The van der Waals surface area contributed by atoms with Crippen LogP contribution in [0.1, 0.15) is 27.6 Å². The lowest BCUT2D eigenvalue weighted by Gasteiger charge is -2.19. The Morgan fingerprint density at radius 3 is 2.15 bits per heavy atom. The highest BCUT2D eigenvalue weighted by atomic mass is 35.5. The summed E-state index contributed by atoms with van der Waals surface area (Å²) in [7, 11) is 3.30. The molecule has 0 amide bonds. The number of alkyl halides is 1. The highest BCUT2D eigenvalue weighted by Gasteiger charge is 2.20. The van der Waals surface area contributed by atoms with Crippen molar-refractivity contribution in [2.24, 2.45) is 0 Å². The molecular formula is C17H19ClO2. The first-order chi connectivity index (χ1) is 9.58. The molecule has 0 saturated carbocycles. The van der Waals surface area contributed by atoms with Crippen LogP contribution in [-0.2, 0) is 0 Å². The molecule has 20 heavy (non-hydrogen) atoms. The second-order valence-electron chi connectivity index (χ2n) is 4.78. The minimum atomic E-state index is -0.263. The predicted molar refractivity (Wildman–Crippen MR) is 83.2 cm³/mol. The summed E-state index contributed by atoms with van der Waals surface area (Å²) in [6.45, 7) is 4.15. The van der Waals surface area contributed by atoms with Gasteiger partial charge >= 0.3 is 0 Å². The number of aryl methyl sites for hydroxylation is 2. The number of halogens is 1. The lowest BCUT2D eigenvalue weighted by Crippen LogP contribution is -2.02. The first-order valence-electron chi connectivity index (χ1n) is 6.50. The van der Waals surface area contributed by atoms with Crippen LogP contribution in [0.3, 0.4) is 0 Å². The largest absolute Gasteiger partial charge is 0.497 e. The molecule has 3 heteroatoms. The molecule has 0 bridgehead atoms. The molecule has 0 heterocycles. The van der Waals surface area contributed by atoms with E-state index in [9.17, 15) is 0 Å². The maximum absolute atomic E-state index is 6.72. The average Bonchev–Trinajstić information content (AvgIpc) is 2.46. The van der Waals surface area contributed by atoms with Crippen molar-refractivity contribution in [1.82, 2.24) is 0 Å². The van der Waals surface area contributed by atoms with Crippen molar-refractivity contribution in [2.75, 3.05) is 14.2 Å². The smallest absolute Gasteiger partial charge is 0.124 e. The number of benzene rings is 2. The number of hydrogen-bond acceptors (Lipinski definition) is 2. The zero-order chi connectivity index (χ0) is 14.7. The van der Waals surface area contributed by atoms with E-state index in [4.69, 9.17) is 21.1 Å². The minimum absolute atomic E-state index is 0.263. The molecule has 0 N–H and O–H groups in total. The Hall–Kier alpha value is -1.67. The molecule has 1 unspecified atom stereocenters. The fourth-order valence-corrected chi connectivity index (χ4v) is 2.93. The standard InChI is InChI=1S/C17H19ClO2/c1-11-6-5-7-12(2)16(11)17(18)14-10-13(19-3)8-9-15(14)20-4/h5-10,17H,1-4H3. The lowest BCUT2D eigenvalue weighted by molar-refractivity contribution is 0.399. The van der Waals surface area contributed by atoms with Crippen LogP contribution >= 0.6 is 11.6 Å². The Bertz CT molecular complexity index is 588. The van der Waals surface area contributed by atoms with Crippen molar-refractivity contribution in [3.8, 4) is 11.5 Å². The van der Waals surface area contributed by atoms with E-state index in [1.165, 1.54) is 11.1 Å². The van der Waals surface area contributed by atoms with Crippen molar-refractivity contribution in [1.29, 1.82) is 0 Å². The van der Waals surface area contributed by atoms with Gasteiger partial charge in [0.05, 0.1) is 19.6 Å². The van der Waals surface area contributed by atoms with Gasteiger partial charge in [-0.1, -0.05) is 18.2 Å². The van der Waals surface area contributed by atoms with Gasteiger partial charge in [-0.15, -0.1) is 11.6 Å². The SMILES string of the molecule is COc1ccc(OC)c(C(Cl)c2c(C)cccc2C)c1. The molecule has 2 aromatic rings. The Balaban J connectivity index is 2.55. The second-order valence-corrected chi connectivity index (χ2v) is 5.21. The van der Waals surface area contributed by atoms with Crippen LogP contribution < -0.4 is 9.47 Å². The van der Waals surface area contributed by atoms with E-state index in [-0.39, 0.29) is 5.38 Å². The van der Waals surface area contributed by atoms with Gasteiger partial charge in [-0.05, 0) is 48.7 Å². The van der Waals surface area contributed by atoms with Gasteiger partial charge in [0, 0.05) is 5.56 Å². The van der Waals surface area contributed by atoms with Crippen molar-refractivity contribution in [2.45, 2.75) is 19.2 Å². The number of rotatable bonds is 4. The van der Waals surface area contributed by atoms with Crippen LogP contribution in [-0.4, -0.2) is 14.2 Å². The second kappa shape index (κ2) is 6.19. The first kappa shape index (κ1) is 14.7. The van der Waals surface area contributed by atoms with E-state index in [0.29, 0.717) is 0 Å². The fraction of sp³-hybridized carbons (Fsp3) is 0.294. The van der Waals surface area contributed by atoms with E-state index in [2.05, 4.69) is 26.0 Å².